The molecule has 0 amide bonds. The summed E-state index contributed by atoms with van der Waals surface area (Å²) in [6.07, 6.45) is 32.0. The topological polar surface area (TPSA) is 26.3 Å². The minimum absolute atomic E-state index is 0.0404. The van der Waals surface area contributed by atoms with Crippen molar-refractivity contribution in [3.8, 4) is 0 Å². The van der Waals surface area contributed by atoms with Crippen molar-refractivity contribution in [1.29, 1.82) is 0 Å². The fourth-order valence-electron chi connectivity index (χ4n) is 4.34. The normalized spacial score (nSPS) is 12.5. The van der Waals surface area contributed by atoms with E-state index in [0.717, 1.165) is 6.42 Å². The van der Waals surface area contributed by atoms with Crippen LogP contribution in [0.3, 0.4) is 0 Å². The highest BCUT2D eigenvalue weighted by atomic mass is 16.5. The minimum atomic E-state index is -0.0404. The molecule has 0 radical (unpaired) electrons. The summed E-state index contributed by atoms with van der Waals surface area (Å²) in [5, 5.41) is 0. The Hall–Kier alpha value is -0.790. The molecule has 0 bridgehead atoms. The zero-order chi connectivity index (χ0) is 22.8. The van der Waals surface area contributed by atoms with E-state index < -0.39 is 0 Å². The summed E-state index contributed by atoms with van der Waals surface area (Å²) in [7, 11) is 0. The SMILES string of the molecule is CC/C=C/OC(=O)CC(CCCCCCCCCC)CCCCCCCCCCCC. The molecule has 0 heterocycles. The summed E-state index contributed by atoms with van der Waals surface area (Å²) in [5.41, 5.74) is 0. The van der Waals surface area contributed by atoms with E-state index in [2.05, 4.69) is 20.8 Å². The van der Waals surface area contributed by atoms with Crippen molar-refractivity contribution in [3.63, 3.8) is 0 Å². The zero-order valence-electron chi connectivity index (χ0n) is 21.6. The van der Waals surface area contributed by atoms with Gasteiger partial charge >= 0.3 is 5.97 Å². The minimum Gasteiger partial charge on any atom is -0.435 e. The van der Waals surface area contributed by atoms with Crippen LogP contribution in [0.4, 0.5) is 0 Å². The smallest absolute Gasteiger partial charge is 0.310 e. The van der Waals surface area contributed by atoms with Crippen LogP contribution >= 0.6 is 0 Å². The largest absolute Gasteiger partial charge is 0.435 e. The summed E-state index contributed by atoms with van der Waals surface area (Å²) in [5.74, 6) is 0.470. The summed E-state index contributed by atoms with van der Waals surface area (Å²) in [6, 6.07) is 0. The van der Waals surface area contributed by atoms with Gasteiger partial charge < -0.3 is 4.74 Å². The Morgan fingerprint density at radius 2 is 1.00 bits per heavy atom. The van der Waals surface area contributed by atoms with Gasteiger partial charge in [-0.05, 0) is 31.3 Å². The maximum absolute atomic E-state index is 12.2. The van der Waals surface area contributed by atoms with Gasteiger partial charge in [-0.25, -0.2) is 0 Å². The first-order chi connectivity index (χ1) is 15.2. The molecule has 2 nitrogen and oxygen atoms in total. The van der Waals surface area contributed by atoms with E-state index in [0.29, 0.717) is 12.3 Å². The van der Waals surface area contributed by atoms with E-state index in [4.69, 9.17) is 4.74 Å². The molecule has 0 aliphatic carbocycles. The number of ether oxygens (including phenoxy) is 1. The van der Waals surface area contributed by atoms with Crippen LogP contribution in [0.25, 0.3) is 0 Å². The number of rotatable bonds is 24. The maximum Gasteiger partial charge on any atom is 0.310 e. The first-order valence-electron chi connectivity index (χ1n) is 14.1. The molecule has 0 aliphatic rings. The van der Waals surface area contributed by atoms with E-state index in [1.165, 1.54) is 128 Å². The summed E-state index contributed by atoms with van der Waals surface area (Å²) >= 11 is 0. The molecule has 0 N–H and O–H groups in total. The molecule has 0 aromatic heterocycles. The molecular formula is C29H56O2. The van der Waals surface area contributed by atoms with Crippen molar-refractivity contribution in [2.75, 3.05) is 0 Å². The van der Waals surface area contributed by atoms with Crippen molar-refractivity contribution < 1.29 is 9.53 Å². The highest BCUT2D eigenvalue weighted by molar-refractivity contribution is 5.70. The Morgan fingerprint density at radius 3 is 1.39 bits per heavy atom. The third-order valence-corrected chi connectivity index (χ3v) is 6.42. The van der Waals surface area contributed by atoms with E-state index in [1.807, 2.05) is 6.08 Å². The molecular weight excluding hydrogens is 380 g/mol. The standard InChI is InChI=1S/C29H56O2/c1-4-7-10-12-14-16-17-19-21-23-25-28(27-29(30)31-26-9-6-3)24-22-20-18-15-13-11-8-5-2/h9,26,28H,4-8,10-25,27H2,1-3H3/b26-9+. The number of hydrogen-bond donors (Lipinski definition) is 0. The van der Waals surface area contributed by atoms with Gasteiger partial charge in [0.25, 0.3) is 0 Å². The van der Waals surface area contributed by atoms with E-state index in [9.17, 15) is 4.79 Å². The third kappa shape index (κ3) is 23.7. The lowest BCUT2D eigenvalue weighted by atomic mass is 9.91. The molecule has 0 aliphatic heterocycles. The molecule has 0 aromatic rings. The van der Waals surface area contributed by atoms with Crippen molar-refractivity contribution >= 4 is 5.97 Å². The average molecular weight is 437 g/mol. The van der Waals surface area contributed by atoms with Crippen LogP contribution in [0.15, 0.2) is 12.3 Å². The first-order valence-corrected chi connectivity index (χ1v) is 14.1. The lowest BCUT2D eigenvalue weighted by Crippen LogP contribution is -2.10. The monoisotopic (exact) mass is 436 g/mol. The highest BCUT2D eigenvalue weighted by Crippen LogP contribution is 2.23. The van der Waals surface area contributed by atoms with Crippen LogP contribution in [-0.2, 0) is 9.53 Å². The molecule has 31 heavy (non-hydrogen) atoms. The molecule has 1 atom stereocenters. The summed E-state index contributed by atoms with van der Waals surface area (Å²) < 4.78 is 5.28. The number of esters is 1. The van der Waals surface area contributed by atoms with Gasteiger partial charge in [0.15, 0.2) is 0 Å². The second-order valence-electron chi connectivity index (χ2n) is 9.57. The molecule has 184 valence electrons. The van der Waals surface area contributed by atoms with Gasteiger partial charge in [0.2, 0.25) is 0 Å². The molecule has 0 saturated carbocycles. The van der Waals surface area contributed by atoms with Crippen LogP contribution in [0.2, 0.25) is 0 Å². The first kappa shape index (κ1) is 30.2. The summed E-state index contributed by atoms with van der Waals surface area (Å²) in [4.78, 5) is 12.2. The fraction of sp³-hybridized carbons (Fsp3) is 0.897. The maximum atomic E-state index is 12.2. The average Bonchev–Trinajstić information content (AvgIpc) is 2.76. The van der Waals surface area contributed by atoms with Gasteiger partial charge in [0.05, 0.1) is 6.26 Å². The van der Waals surface area contributed by atoms with Gasteiger partial charge in [0.1, 0.15) is 0 Å². The second kappa shape index (κ2) is 25.5. The quantitative estimate of drug-likeness (QED) is 0.0854. The van der Waals surface area contributed by atoms with Gasteiger partial charge in [-0.3, -0.25) is 4.79 Å². The van der Waals surface area contributed by atoms with Crippen molar-refractivity contribution in [2.24, 2.45) is 5.92 Å². The van der Waals surface area contributed by atoms with Crippen molar-refractivity contribution in [1.82, 2.24) is 0 Å². The van der Waals surface area contributed by atoms with Gasteiger partial charge in [-0.1, -0.05) is 136 Å². The number of unbranched alkanes of at least 4 members (excludes halogenated alkanes) is 16. The third-order valence-electron chi connectivity index (χ3n) is 6.42. The Morgan fingerprint density at radius 1 is 0.613 bits per heavy atom. The van der Waals surface area contributed by atoms with Crippen LogP contribution in [0, 0.1) is 5.92 Å². The lowest BCUT2D eigenvalue weighted by Gasteiger charge is -2.16. The second-order valence-corrected chi connectivity index (χ2v) is 9.57. The van der Waals surface area contributed by atoms with E-state index >= 15 is 0 Å². The van der Waals surface area contributed by atoms with Crippen molar-refractivity contribution in [2.45, 2.75) is 162 Å². The molecule has 0 fully saturated rings. The van der Waals surface area contributed by atoms with Crippen LogP contribution in [-0.4, -0.2) is 5.97 Å². The molecule has 0 rings (SSSR count). The number of hydrogen-bond acceptors (Lipinski definition) is 2. The zero-order valence-corrected chi connectivity index (χ0v) is 21.6. The number of carbonyl (C=O) groups excluding carboxylic acids is 1. The highest BCUT2D eigenvalue weighted by Gasteiger charge is 2.14. The van der Waals surface area contributed by atoms with Gasteiger partial charge in [-0.2, -0.15) is 0 Å². The Balaban J connectivity index is 3.96. The van der Waals surface area contributed by atoms with Crippen LogP contribution in [0.1, 0.15) is 162 Å². The number of allylic oxidation sites excluding steroid dienone is 1. The molecule has 2 heteroatoms. The van der Waals surface area contributed by atoms with Gasteiger partial charge in [-0.15, -0.1) is 0 Å². The lowest BCUT2D eigenvalue weighted by molar-refractivity contribution is -0.139. The Labute approximate surface area is 196 Å². The fourth-order valence-corrected chi connectivity index (χ4v) is 4.34. The molecule has 1 unspecified atom stereocenters. The van der Waals surface area contributed by atoms with Crippen molar-refractivity contribution in [3.05, 3.63) is 12.3 Å². The summed E-state index contributed by atoms with van der Waals surface area (Å²) in [6.45, 7) is 6.61. The van der Waals surface area contributed by atoms with Gasteiger partial charge in [0, 0.05) is 6.42 Å². The van der Waals surface area contributed by atoms with E-state index in [1.54, 1.807) is 6.26 Å². The molecule has 0 saturated heterocycles. The molecule has 0 aromatic carbocycles. The van der Waals surface area contributed by atoms with Crippen LogP contribution < -0.4 is 0 Å². The predicted molar refractivity (Wildman–Crippen MR) is 137 cm³/mol. The molecule has 0 spiro atoms. The predicted octanol–water partition coefficient (Wildman–Crippen LogP) is 10.3. The number of carbonyl (C=O) groups is 1. The van der Waals surface area contributed by atoms with E-state index in [-0.39, 0.29) is 5.97 Å². The Bertz CT molecular complexity index is 388. The van der Waals surface area contributed by atoms with Crippen LogP contribution in [0.5, 0.6) is 0 Å². The Kier molecular flexibility index (Phi) is 24.8.